The number of nitrogens with two attached hydrogens (primary N) is 2. The molecule has 2 aromatic rings. The zero-order valence-electron chi connectivity index (χ0n) is 17.2. The number of anilines is 2. The number of benzene rings is 1. The molecule has 1 saturated heterocycles. The Morgan fingerprint density at radius 1 is 1.18 bits per heavy atom. The molecule has 0 radical (unpaired) electrons. The zero-order chi connectivity index (χ0) is 20.1. The molecule has 4 N–H and O–H groups in total. The first-order valence-corrected chi connectivity index (χ1v) is 10.1. The summed E-state index contributed by atoms with van der Waals surface area (Å²) in [4.78, 5) is 6.65. The first-order valence-electron chi connectivity index (χ1n) is 10.1. The number of methoxy groups -OCH3 is 1. The third-order valence-corrected chi connectivity index (χ3v) is 5.53. The Hall–Kier alpha value is -2.47. The molecule has 2 heterocycles. The second-order valence-corrected chi connectivity index (χ2v) is 7.52. The molecule has 0 atom stereocenters. The molecular formula is C22H32N4O2. The predicted octanol–water partition coefficient (Wildman–Crippen LogP) is 3.73. The zero-order valence-corrected chi connectivity index (χ0v) is 17.2. The summed E-state index contributed by atoms with van der Waals surface area (Å²) in [6, 6.07) is 6.22. The SMILES string of the molecule is CCCOc1cc(CN2CCC(c3c(N)cnc(N)c3C)CC2)ccc1OC. The standard InChI is InChI=1S/C22H32N4O2/c1-4-11-28-20-12-16(5-6-19(20)27-3)14-26-9-7-17(8-10-26)21-15(2)22(24)25-13-18(21)23/h5-6,12-13,17H,4,7-11,14,23H2,1-3H3,(H2,24,25). The quantitative estimate of drug-likeness (QED) is 0.756. The molecule has 0 bridgehead atoms. The minimum atomic E-state index is 0.445. The number of hydrogen-bond acceptors (Lipinski definition) is 6. The van der Waals surface area contributed by atoms with Gasteiger partial charge in [0.1, 0.15) is 5.82 Å². The lowest BCUT2D eigenvalue weighted by Crippen LogP contribution is -2.33. The normalized spacial score (nSPS) is 15.5. The lowest BCUT2D eigenvalue weighted by Gasteiger charge is -2.33. The van der Waals surface area contributed by atoms with Gasteiger partial charge < -0.3 is 20.9 Å². The van der Waals surface area contributed by atoms with Gasteiger partial charge in [0.05, 0.1) is 25.6 Å². The molecule has 152 valence electrons. The summed E-state index contributed by atoms with van der Waals surface area (Å²) in [5.41, 5.74) is 16.4. The lowest BCUT2D eigenvalue weighted by molar-refractivity contribution is 0.204. The molecule has 0 spiro atoms. The number of nitrogen functional groups attached to an aromatic ring is 2. The molecule has 1 aliphatic rings. The number of aromatic nitrogens is 1. The highest BCUT2D eigenvalue weighted by Gasteiger charge is 2.24. The van der Waals surface area contributed by atoms with Crippen LogP contribution in [0.3, 0.4) is 0 Å². The highest BCUT2D eigenvalue weighted by atomic mass is 16.5. The summed E-state index contributed by atoms with van der Waals surface area (Å²) in [6.07, 6.45) is 4.82. The molecule has 6 heteroatoms. The van der Waals surface area contributed by atoms with Gasteiger partial charge in [0, 0.05) is 6.54 Å². The Bertz CT molecular complexity index is 801. The fourth-order valence-corrected chi connectivity index (χ4v) is 3.98. The van der Waals surface area contributed by atoms with E-state index < -0.39 is 0 Å². The largest absolute Gasteiger partial charge is 0.493 e. The molecule has 0 aliphatic carbocycles. The van der Waals surface area contributed by atoms with Crippen LogP contribution in [0.2, 0.25) is 0 Å². The maximum Gasteiger partial charge on any atom is 0.161 e. The summed E-state index contributed by atoms with van der Waals surface area (Å²) in [5.74, 6) is 2.65. The Morgan fingerprint density at radius 3 is 2.61 bits per heavy atom. The average molecular weight is 385 g/mol. The number of rotatable bonds is 7. The highest BCUT2D eigenvalue weighted by Crippen LogP contribution is 2.36. The fourth-order valence-electron chi connectivity index (χ4n) is 3.98. The number of pyridine rings is 1. The van der Waals surface area contributed by atoms with E-state index in [1.54, 1.807) is 13.3 Å². The van der Waals surface area contributed by atoms with Crippen LogP contribution in [-0.4, -0.2) is 36.7 Å². The summed E-state index contributed by atoms with van der Waals surface area (Å²) >= 11 is 0. The second-order valence-electron chi connectivity index (χ2n) is 7.52. The number of hydrogen-bond donors (Lipinski definition) is 2. The van der Waals surface area contributed by atoms with Crippen molar-refractivity contribution in [2.24, 2.45) is 0 Å². The minimum Gasteiger partial charge on any atom is -0.493 e. The Kier molecular flexibility index (Phi) is 6.62. The Labute approximate surface area is 167 Å². The van der Waals surface area contributed by atoms with E-state index in [0.29, 0.717) is 18.3 Å². The number of piperidine rings is 1. The van der Waals surface area contributed by atoms with Gasteiger partial charge in [-0.25, -0.2) is 4.98 Å². The molecule has 1 fully saturated rings. The molecule has 3 rings (SSSR count). The molecule has 0 amide bonds. The van der Waals surface area contributed by atoms with E-state index in [-0.39, 0.29) is 0 Å². The van der Waals surface area contributed by atoms with Crippen LogP contribution in [0.25, 0.3) is 0 Å². The predicted molar refractivity (Wildman–Crippen MR) is 114 cm³/mol. The van der Waals surface area contributed by atoms with Crippen molar-refractivity contribution in [2.75, 3.05) is 38.3 Å². The van der Waals surface area contributed by atoms with Crippen molar-refractivity contribution in [1.82, 2.24) is 9.88 Å². The third kappa shape index (κ3) is 4.50. The van der Waals surface area contributed by atoms with Gasteiger partial charge in [-0.15, -0.1) is 0 Å². The van der Waals surface area contributed by atoms with Gasteiger partial charge in [0.15, 0.2) is 11.5 Å². The van der Waals surface area contributed by atoms with E-state index in [4.69, 9.17) is 20.9 Å². The number of likely N-dealkylation sites (tertiary alicyclic amines) is 1. The molecule has 1 aliphatic heterocycles. The fraction of sp³-hybridized carbons (Fsp3) is 0.500. The van der Waals surface area contributed by atoms with E-state index in [1.807, 2.05) is 13.0 Å². The van der Waals surface area contributed by atoms with Gasteiger partial charge in [0.25, 0.3) is 0 Å². The van der Waals surface area contributed by atoms with Crippen molar-refractivity contribution >= 4 is 11.5 Å². The van der Waals surface area contributed by atoms with Crippen LogP contribution in [-0.2, 0) is 6.54 Å². The maximum atomic E-state index is 6.21. The van der Waals surface area contributed by atoms with E-state index in [0.717, 1.165) is 61.6 Å². The topological polar surface area (TPSA) is 86.6 Å². The molecule has 1 aromatic heterocycles. The van der Waals surface area contributed by atoms with Gasteiger partial charge in [-0.2, -0.15) is 0 Å². The molecule has 28 heavy (non-hydrogen) atoms. The first-order chi connectivity index (χ1) is 13.5. The maximum absolute atomic E-state index is 6.21. The average Bonchev–Trinajstić information content (AvgIpc) is 2.71. The van der Waals surface area contributed by atoms with Crippen LogP contribution < -0.4 is 20.9 Å². The molecule has 1 aromatic carbocycles. The van der Waals surface area contributed by atoms with E-state index in [1.165, 1.54) is 11.1 Å². The number of nitrogens with zero attached hydrogens (tertiary/aromatic N) is 2. The van der Waals surface area contributed by atoms with Crippen LogP contribution in [0.1, 0.15) is 48.8 Å². The van der Waals surface area contributed by atoms with Crippen LogP contribution in [0.4, 0.5) is 11.5 Å². The van der Waals surface area contributed by atoms with Gasteiger partial charge in [0.2, 0.25) is 0 Å². The summed E-state index contributed by atoms with van der Waals surface area (Å²) in [5, 5.41) is 0. The third-order valence-electron chi connectivity index (χ3n) is 5.53. The van der Waals surface area contributed by atoms with Crippen molar-refractivity contribution in [3.63, 3.8) is 0 Å². The lowest BCUT2D eigenvalue weighted by atomic mass is 9.86. The summed E-state index contributed by atoms with van der Waals surface area (Å²) in [7, 11) is 1.68. The van der Waals surface area contributed by atoms with Crippen molar-refractivity contribution in [1.29, 1.82) is 0 Å². The van der Waals surface area contributed by atoms with Crippen LogP contribution in [0, 0.1) is 6.92 Å². The Morgan fingerprint density at radius 2 is 1.93 bits per heavy atom. The van der Waals surface area contributed by atoms with E-state index in [9.17, 15) is 0 Å². The molecular weight excluding hydrogens is 352 g/mol. The van der Waals surface area contributed by atoms with Gasteiger partial charge in [-0.05, 0) is 74.0 Å². The first kappa shape index (κ1) is 20.3. The van der Waals surface area contributed by atoms with Crippen molar-refractivity contribution in [2.45, 2.75) is 45.6 Å². The van der Waals surface area contributed by atoms with Crippen LogP contribution >= 0.6 is 0 Å². The summed E-state index contributed by atoms with van der Waals surface area (Å²) < 4.78 is 11.3. The molecule has 0 saturated carbocycles. The Balaban J connectivity index is 1.64. The van der Waals surface area contributed by atoms with Crippen molar-refractivity contribution < 1.29 is 9.47 Å². The van der Waals surface area contributed by atoms with Crippen LogP contribution in [0.5, 0.6) is 11.5 Å². The van der Waals surface area contributed by atoms with E-state index >= 15 is 0 Å². The monoisotopic (exact) mass is 384 g/mol. The van der Waals surface area contributed by atoms with Crippen molar-refractivity contribution in [3.8, 4) is 11.5 Å². The van der Waals surface area contributed by atoms with Crippen LogP contribution in [0.15, 0.2) is 24.4 Å². The van der Waals surface area contributed by atoms with Gasteiger partial charge in [-0.1, -0.05) is 13.0 Å². The van der Waals surface area contributed by atoms with Crippen molar-refractivity contribution in [3.05, 3.63) is 41.1 Å². The molecule has 6 nitrogen and oxygen atoms in total. The summed E-state index contributed by atoms with van der Waals surface area (Å²) in [6.45, 7) is 7.79. The van der Waals surface area contributed by atoms with E-state index in [2.05, 4.69) is 28.9 Å². The molecule has 0 unspecified atom stereocenters. The second kappa shape index (κ2) is 9.15. The van der Waals surface area contributed by atoms with Gasteiger partial charge >= 0.3 is 0 Å². The minimum absolute atomic E-state index is 0.445. The smallest absolute Gasteiger partial charge is 0.161 e. The van der Waals surface area contributed by atoms with Gasteiger partial charge in [-0.3, -0.25) is 4.90 Å². The number of ether oxygens (including phenoxy) is 2. The highest BCUT2D eigenvalue weighted by molar-refractivity contribution is 5.58.